The highest BCUT2D eigenvalue weighted by Gasteiger charge is 2.28. The van der Waals surface area contributed by atoms with E-state index in [1.165, 1.54) is 5.56 Å². The van der Waals surface area contributed by atoms with Gasteiger partial charge in [0.05, 0.1) is 18.2 Å². The van der Waals surface area contributed by atoms with Gasteiger partial charge in [-0.3, -0.25) is 14.7 Å². The first-order chi connectivity index (χ1) is 13.2. The highest BCUT2D eigenvalue weighted by molar-refractivity contribution is 6.00. The average Bonchev–Trinajstić information content (AvgIpc) is 2.73. The molecule has 0 bridgehead atoms. The molecular weight excluding hydrogens is 336 g/mol. The van der Waals surface area contributed by atoms with Crippen molar-refractivity contribution in [3.05, 3.63) is 71.9 Å². The molecule has 1 aromatic heterocycles. The van der Waals surface area contributed by atoms with Crippen LogP contribution in [0.1, 0.15) is 28.8 Å². The maximum Gasteiger partial charge on any atom is 0.170 e. The lowest BCUT2D eigenvalue weighted by Crippen LogP contribution is -2.38. The Morgan fingerprint density at radius 2 is 2.07 bits per heavy atom. The van der Waals surface area contributed by atoms with E-state index < -0.39 is 0 Å². The molecule has 0 aliphatic carbocycles. The van der Waals surface area contributed by atoms with Crippen molar-refractivity contribution in [2.24, 2.45) is 5.92 Å². The van der Waals surface area contributed by atoms with Crippen LogP contribution in [0.25, 0.3) is 10.9 Å². The Hall–Kier alpha value is -2.72. The van der Waals surface area contributed by atoms with Crippen LogP contribution < -0.4 is 4.74 Å². The Labute approximate surface area is 159 Å². The number of carbonyl (C=O) groups excluding carboxylic acids is 1. The molecule has 2 heterocycles. The Morgan fingerprint density at radius 1 is 1.19 bits per heavy atom. The second-order valence-corrected chi connectivity index (χ2v) is 7.17. The number of hydrogen-bond donors (Lipinski definition) is 0. The minimum Gasteiger partial charge on any atom is -0.496 e. The van der Waals surface area contributed by atoms with Crippen LogP contribution in [-0.2, 0) is 6.54 Å². The molecule has 1 unspecified atom stereocenters. The fourth-order valence-electron chi connectivity index (χ4n) is 3.96. The number of likely N-dealkylation sites (tertiary alicyclic amines) is 1. The van der Waals surface area contributed by atoms with Crippen molar-refractivity contribution in [3.8, 4) is 5.75 Å². The monoisotopic (exact) mass is 360 g/mol. The molecule has 1 saturated heterocycles. The molecule has 1 aliphatic rings. The molecule has 1 aliphatic heterocycles. The van der Waals surface area contributed by atoms with Gasteiger partial charge in [0.15, 0.2) is 5.78 Å². The highest BCUT2D eigenvalue weighted by atomic mass is 16.5. The van der Waals surface area contributed by atoms with Gasteiger partial charge in [-0.1, -0.05) is 24.3 Å². The number of nitrogens with zero attached hydrogens (tertiary/aromatic N) is 2. The van der Waals surface area contributed by atoms with Crippen molar-refractivity contribution >= 4 is 16.7 Å². The number of carbonyl (C=O) groups is 1. The molecule has 1 fully saturated rings. The number of fused-ring (bicyclic) bond motifs is 1. The molecule has 4 nitrogen and oxygen atoms in total. The van der Waals surface area contributed by atoms with Crippen molar-refractivity contribution in [2.75, 3.05) is 20.2 Å². The van der Waals surface area contributed by atoms with E-state index in [2.05, 4.69) is 34.1 Å². The van der Waals surface area contributed by atoms with Gasteiger partial charge < -0.3 is 4.74 Å². The van der Waals surface area contributed by atoms with Crippen LogP contribution in [0.4, 0.5) is 0 Å². The first-order valence-electron chi connectivity index (χ1n) is 9.48. The van der Waals surface area contributed by atoms with E-state index in [-0.39, 0.29) is 11.7 Å². The summed E-state index contributed by atoms with van der Waals surface area (Å²) in [5.74, 6) is 0.888. The Morgan fingerprint density at radius 3 is 2.96 bits per heavy atom. The van der Waals surface area contributed by atoms with E-state index in [4.69, 9.17) is 4.74 Å². The number of hydrogen-bond acceptors (Lipinski definition) is 4. The first kappa shape index (κ1) is 17.7. The third-order valence-electron chi connectivity index (χ3n) is 5.32. The van der Waals surface area contributed by atoms with Gasteiger partial charge in [0.2, 0.25) is 0 Å². The number of ketones is 1. The highest BCUT2D eigenvalue weighted by Crippen LogP contribution is 2.27. The zero-order chi connectivity index (χ0) is 18.6. The quantitative estimate of drug-likeness (QED) is 0.635. The van der Waals surface area contributed by atoms with E-state index in [1.807, 2.05) is 36.5 Å². The number of methoxy groups -OCH3 is 1. The molecule has 0 saturated carbocycles. The number of para-hydroxylation sites is 1. The minimum absolute atomic E-state index is 0.0252. The number of pyridine rings is 1. The van der Waals surface area contributed by atoms with Gasteiger partial charge in [-0.05, 0) is 55.3 Å². The van der Waals surface area contributed by atoms with Gasteiger partial charge in [-0.15, -0.1) is 0 Å². The lowest BCUT2D eigenvalue weighted by atomic mass is 9.89. The zero-order valence-corrected chi connectivity index (χ0v) is 15.6. The number of piperidine rings is 1. The van der Waals surface area contributed by atoms with Gasteiger partial charge in [-0.2, -0.15) is 0 Å². The van der Waals surface area contributed by atoms with Gasteiger partial charge >= 0.3 is 0 Å². The second kappa shape index (κ2) is 7.89. The van der Waals surface area contributed by atoms with Crippen LogP contribution in [0.5, 0.6) is 5.75 Å². The molecular formula is C23H24N2O2. The number of rotatable bonds is 5. The summed E-state index contributed by atoms with van der Waals surface area (Å²) in [4.78, 5) is 19.8. The van der Waals surface area contributed by atoms with Crippen LogP contribution in [0.3, 0.4) is 0 Å². The SMILES string of the molecule is COc1ccccc1C(=O)C1CCCN(Cc2ccc3ncccc3c2)C1. The van der Waals surface area contributed by atoms with Crippen LogP contribution in [0, 0.1) is 5.92 Å². The summed E-state index contributed by atoms with van der Waals surface area (Å²) in [5, 5.41) is 1.16. The van der Waals surface area contributed by atoms with Gasteiger partial charge in [0.1, 0.15) is 5.75 Å². The molecule has 3 aromatic rings. The molecule has 0 amide bonds. The van der Waals surface area contributed by atoms with Crippen LogP contribution in [0.2, 0.25) is 0 Å². The topological polar surface area (TPSA) is 42.4 Å². The summed E-state index contributed by atoms with van der Waals surface area (Å²) < 4.78 is 5.38. The van der Waals surface area contributed by atoms with Crippen LogP contribution >= 0.6 is 0 Å². The predicted molar refractivity (Wildman–Crippen MR) is 107 cm³/mol. The molecule has 0 radical (unpaired) electrons. The van der Waals surface area contributed by atoms with Gasteiger partial charge in [-0.25, -0.2) is 0 Å². The lowest BCUT2D eigenvalue weighted by molar-refractivity contribution is 0.0808. The summed E-state index contributed by atoms with van der Waals surface area (Å²) in [5.41, 5.74) is 2.98. The molecule has 0 spiro atoms. The summed E-state index contributed by atoms with van der Waals surface area (Å²) >= 11 is 0. The second-order valence-electron chi connectivity index (χ2n) is 7.17. The third kappa shape index (κ3) is 3.86. The normalized spacial score (nSPS) is 17.7. The average molecular weight is 360 g/mol. The van der Waals surface area contributed by atoms with Crippen molar-refractivity contribution in [1.82, 2.24) is 9.88 Å². The Bertz CT molecular complexity index is 954. The van der Waals surface area contributed by atoms with Crippen molar-refractivity contribution in [2.45, 2.75) is 19.4 Å². The molecule has 27 heavy (non-hydrogen) atoms. The third-order valence-corrected chi connectivity index (χ3v) is 5.32. The molecule has 2 aromatic carbocycles. The first-order valence-corrected chi connectivity index (χ1v) is 9.48. The van der Waals surface area contributed by atoms with E-state index in [0.29, 0.717) is 11.3 Å². The fourth-order valence-corrected chi connectivity index (χ4v) is 3.96. The summed E-state index contributed by atoms with van der Waals surface area (Å²) in [6.45, 7) is 2.68. The largest absolute Gasteiger partial charge is 0.496 e. The number of Topliss-reactive ketones (excluding diaryl/α,β-unsaturated/α-hetero) is 1. The predicted octanol–water partition coefficient (Wildman–Crippen LogP) is 4.34. The van der Waals surface area contributed by atoms with Crippen LogP contribution in [-0.4, -0.2) is 35.9 Å². The van der Waals surface area contributed by atoms with E-state index >= 15 is 0 Å². The maximum absolute atomic E-state index is 13.0. The summed E-state index contributed by atoms with van der Waals surface area (Å²) in [6, 6.07) is 18.0. The number of aromatic nitrogens is 1. The van der Waals surface area contributed by atoms with E-state index in [1.54, 1.807) is 7.11 Å². The Balaban J connectivity index is 1.48. The summed E-state index contributed by atoms with van der Waals surface area (Å²) in [7, 11) is 1.62. The van der Waals surface area contributed by atoms with Crippen molar-refractivity contribution in [3.63, 3.8) is 0 Å². The maximum atomic E-state index is 13.0. The van der Waals surface area contributed by atoms with Gasteiger partial charge in [0.25, 0.3) is 0 Å². The Kier molecular flexibility index (Phi) is 5.16. The molecule has 4 rings (SSSR count). The number of ether oxygens (including phenoxy) is 1. The zero-order valence-electron chi connectivity index (χ0n) is 15.6. The molecule has 4 heteroatoms. The fraction of sp³-hybridized carbons (Fsp3) is 0.304. The molecule has 0 N–H and O–H groups in total. The van der Waals surface area contributed by atoms with Crippen LogP contribution in [0.15, 0.2) is 60.8 Å². The summed E-state index contributed by atoms with van der Waals surface area (Å²) in [6.07, 6.45) is 3.80. The van der Waals surface area contributed by atoms with Gasteiger partial charge in [0, 0.05) is 30.6 Å². The van der Waals surface area contributed by atoms with Crippen molar-refractivity contribution in [1.29, 1.82) is 0 Å². The lowest BCUT2D eigenvalue weighted by Gasteiger charge is -2.32. The van der Waals surface area contributed by atoms with E-state index in [9.17, 15) is 4.79 Å². The number of benzene rings is 2. The molecule has 138 valence electrons. The van der Waals surface area contributed by atoms with E-state index in [0.717, 1.165) is 43.4 Å². The minimum atomic E-state index is 0.0252. The standard InChI is InChI=1S/C23H24N2O2/c1-27-22-9-3-2-8-20(22)23(26)19-7-5-13-25(16-19)15-17-10-11-21-18(14-17)6-4-12-24-21/h2-4,6,8-12,14,19H,5,7,13,15-16H2,1H3. The van der Waals surface area contributed by atoms with Crippen molar-refractivity contribution < 1.29 is 9.53 Å². The smallest absolute Gasteiger partial charge is 0.170 e. The molecule has 1 atom stereocenters.